The second-order valence-electron chi connectivity index (χ2n) is 7.99. The summed E-state index contributed by atoms with van der Waals surface area (Å²) in [6, 6.07) is 20.2. The van der Waals surface area contributed by atoms with Gasteiger partial charge in [0.2, 0.25) is 6.79 Å². The van der Waals surface area contributed by atoms with Crippen molar-refractivity contribution in [3.05, 3.63) is 94.0 Å². The summed E-state index contributed by atoms with van der Waals surface area (Å²) in [5.74, 6) is 0.398. The van der Waals surface area contributed by atoms with Crippen molar-refractivity contribution in [2.45, 2.75) is 18.6 Å². The van der Waals surface area contributed by atoms with Gasteiger partial charge >= 0.3 is 0 Å². The molecule has 0 saturated heterocycles. The number of ketones is 1. The largest absolute Gasteiger partial charge is 0.454 e. The van der Waals surface area contributed by atoms with Gasteiger partial charge < -0.3 is 19.5 Å². The molecule has 2 aliphatic rings. The van der Waals surface area contributed by atoms with E-state index in [-0.39, 0.29) is 19.0 Å². The smallest absolute Gasteiger partial charge is 0.264 e. The van der Waals surface area contributed by atoms with Crippen LogP contribution in [0.3, 0.4) is 0 Å². The molecule has 6 nitrogen and oxygen atoms in total. The third-order valence-corrected chi connectivity index (χ3v) is 6.26. The molecule has 5 rings (SSSR count). The molecule has 1 atom stereocenters. The maximum Gasteiger partial charge on any atom is 0.264 e. The molecular formula is C26H20BrNO5. The number of fused-ring (bicyclic) bond motifs is 2. The van der Waals surface area contributed by atoms with Gasteiger partial charge in [-0.05, 0) is 47.5 Å². The summed E-state index contributed by atoms with van der Waals surface area (Å²) < 4.78 is 11.4. The topological polar surface area (TPSA) is 76.1 Å². The molecule has 0 aliphatic carbocycles. The molecule has 0 bridgehead atoms. The second kappa shape index (κ2) is 8.50. The maximum atomic E-state index is 13.4. The zero-order valence-electron chi connectivity index (χ0n) is 17.5. The van der Waals surface area contributed by atoms with Crippen LogP contribution in [0, 0.1) is 0 Å². The van der Waals surface area contributed by atoms with E-state index in [2.05, 4.69) is 15.9 Å². The summed E-state index contributed by atoms with van der Waals surface area (Å²) in [4.78, 5) is 27.8. The van der Waals surface area contributed by atoms with Crippen molar-refractivity contribution in [1.29, 1.82) is 0 Å². The Balaban J connectivity index is 1.40. The number of carbonyl (C=O) groups excluding carboxylic acids is 2. The normalized spacial score (nSPS) is 18.7. The maximum absolute atomic E-state index is 13.4. The third kappa shape index (κ3) is 4.05. The van der Waals surface area contributed by atoms with E-state index in [9.17, 15) is 14.7 Å². The Kier molecular flexibility index (Phi) is 5.52. The number of carbonyl (C=O) groups is 2. The van der Waals surface area contributed by atoms with E-state index in [1.807, 2.05) is 36.4 Å². The summed E-state index contributed by atoms with van der Waals surface area (Å²) in [6.07, 6.45) is 2.65. The first-order valence-corrected chi connectivity index (χ1v) is 11.2. The van der Waals surface area contributed by atoms with E-state index in [0.717, 1.165) is 15.6 Å². The van der Waals surface area contributed by atoms with E-state index in [0.29, 0.717) is 29.3 Å². The minimum atomic E-state index is -1.94. The number of halogens is 1. The van der Waals surface area contributed by atoms with Crippen molar-refractivity contribution in [2.75, 3.05) is 11.7 Å². The number of aliphatic hydroxyl groups is 1. The molecule has 0 saturated carbocycles. The fraction of sp³-hybridized carbons (Fsp3) is 0.154. The van der Waals surface area contributed by atoms with Gasteiger partial charge in [0, 0.05) is 10.0 Å². The molecule has 3 aromatic rings. The Morgan fingerprint density at radius 2 is 1.85 bits per heavy atom. The number of ether oxygens (including phenoxy) is 2. The Labute approximate surface area is 199 Å². The van der Waals surface area contributed by atoms with Crippen LogP contribution in [0.15, 0.2) is 77.3 Å². The number of hydrogen-bond acceptors (Lipinski definition) is 5. The third-order valence-electron chi connectivity index (χ3n) is 5.77. The summed E-state index contributed by atoms with van der Waals surface area (Å²) in [5, 5.41) is 11.5. The van der Waals surface area contributed by atoms with Crippen molar-refractivity contribution >= 4 is 39.4 Å². The van der Waals surface area contributed by atoms with E-state index < -0.39 is 11.5 Å². The lowest BCUT2D eigenvalue weighted by atomic mass is 9.89. The lowest BCUT2D eigenvalue weighted by molar-refractivity contribution is -0.140. The fourth-order valence-corrected chi connectivity index (χ4v) is 4.49. The number of amides is 1. The molecule has 0 spiro atoms. The first kappa shape index (κ1) is 21.4. The summed E-state index contributed by atoms with van der Waals surface area (Å²) >= 11 is 3.41. The zero-order valence-corrected chi connectivity index (χ0v) is 19.1. The van der Waals surface area contributed by atoms with Crippen LogP contribution >= 0.6 is 15.9 Å². The number of hydrogen-bond donors (Lipinski definition) is 1. The van der Waals surface area contributed by atoms with Crippen LogP contribution in [0.2, 0.25) is 0 Å². The minimum Gasteiger partial charge on any atom is -0.454 e. The number of benzene rings is 3. The second-order valence-corrected chi connectivity index (χ2v) is 8.90. The monoisotopic (exact) mass is 505 g/mol. The molecule has 0 unspecified atom stereocenters. The van der Waals surface area contributed by atoms with E-state index >= 15 is 0 Å². The minimum absolute atomic E-state index is 0.172. The van der Waals surface area contributed by atoms with Crippen LogP contribution in [0.4, 0.5) is 5.69 Å². The average molecular weight is 506 g/mol. The SMILES string of the molecule is O=C(/C=C/c1ccc2c(c1)OCO2)C[C@@]1(O)C(=O)N(Cc2ccccc2)c2ccc(Br)cc21. The van der Waals surface area contributed by atoms with Crippen molar-refractivity contribution < 1.29 is 24.2 Å². The Morgan fingerprint density at radius 3 is 2.67 bits per heavy atom. The summed E-state index contributed by atoms with van der Waals surface area (Å²) in [5.41, 5.74) is 0.762. The van der Waals surface area contributed by atoms with Gasteiger partial charge in [0.05, 0.1) is 18.7 Å². The molecule has 2 aliphatic heterocycles. The predicted molar refractivity (Wildman–Crippen MR) is 127 cm³/mol. The predicted octanol–water partition coefficient (Wildman–Crippen LogP) is 4.58. The van der Waals surface area contributed by atoms with E-state index in [1.165, 1.54) is 11.0 Å². The summed E-state index contributed by atoms with van der Waals surface area (Å²) in [7, 11) is 0. The van der Waals surface area contributed by atoms with Gasteiger partial charge in [0.25, 0.3) is 5.91 Å². The number of rotatable bonds is 6. The number of anilines is 1. The van der Waals surface area contributed by atoms with Crippen LogP contribution in [0.5, 0.6) is 11.5 Å². The van der Waals surface area contributed by atoms with Crippen LogP contribution in [-0.4, -0.2) is 23.6 Å². The van der Waals surface area contributed by atoms with Gasteiger partial charge in [-0.1, -0.05) is 58.4 Å². The Morgan fingerprint density at radius 1 is 1.06 bits per heavy atom. The van der Waals surface area contributed by atoms with Gasteiger partial charge in [0.15, 0.2) is 22.9 Å². The highest BCUT2D eigenvalue weighted by atomic mass is 79.9. The van der Waals surface area contributed by atoms with Crippen molar-refractivity contribution in [3.8, 4) is 11.5 Å². The van der Waals surface area contributed by atoms with Crippen LogP contribution in [-0.2, 0) is 21.7 Å². The lowest BCUT2D eigenvalue weighted by Crippen LogP contribution is -2.41. The zero-order chi connectivity index (χ0) is 23.0. The average Bonchev–Trinajstić information content (AvgIpc) is 3.36. The molecule has 33 heavy (non-hydrogen) atoms. The van der Waals surface area contributed by atoms with Gasteiger partial charge in [-0.2, -0.15) is 0 Å². The Hall–Kier alpha value is -3.42. The first-order chi connectivity index (χ1) is 15.9. The quantitative estimate of drug-likeness (QED) is 0.496. The van der Waals surface area contributed by atoms with Crippen LogP contribution < -0.4 is 14.4 Å². The molecule has 3 aromatic carbocycles. The molecule has 7 heteroatoms. The number of allylic oxidation sites excluding steroid dienone is 1. The van der Waals surface area contributed by atoms with Crippen LogP contribution in [0.25, 0.3) is 6.08 Å². The van der Waals surface area contributed by atoms with Crippen molar-refractivity contribution in [1.82, 2.24) is 0 Å². The van der Waals surface area contributed by atoms with Gasteiger partial charge in [-0.25, -0.2) is 0 Å². The van der Waals surface area contributed by atoms with Gasteiger partial charge in [-0.3, -0.25) is 9.59 Å². The van der Waals surface area contributed by atoms with Crippen LogP contribution in [0.1, 0.15) is 23.1 Å². The van der Waals surface area contributed by atoms with Gasteiger partial charge in [0.1, 0.15) is 0 Å². The molecule has 166 valence electrons. The Bertz CT molecular complexity index is 1270. The highest BCUT2D eigenvalue weighted by Crippen LogP contribution is 2.44. The number of nitrogens with zero attached hydrogens (tertiary/aromatic N) is 1. The van der Waals surface area contributed by atoms with Crippen molar-refractivity contribution in [3.63, 3.8) is 0 Å². The molecular weight excluding hydrogens is 486 g/mol. The molecule has 0 aromatic heterocycles. The van der Waals surface area contributed by atoms with Crippen molar-refractivity contribution in [2.24, 2.45) is 0 Å². The van der Waals surface area contributed by atoms with Gasteiger partial charge in [-0.15, -0.1) is 0 Å². The van der Waals surface area contributed by atoms with E-state index in [1.54, 1.807) is 36.4 Å². The molecule has 1 amide bonds. The van der Waals surface area contributed by atoms with E-state index in [4.69, 9.17) is 9.47 Å². The highest BCUT2D eigenvalue weighted by Gasteiger charge is 2.50. The molecule has 2 heterocycles. The lowest BCUT2D eigenvalue weighted by Gasteiger charge is -2.22. The molecule has 1 N–H and O–H groups in total. The first-order valence-electron chi connectivity index (χ1n) is 10.4. The fourth-order valence-electron chi connectivity index (χ4n) is 4.13. The molecule has 0 fully saturated rings. The standard InChI is InChI=1S/C26H20BrNO5/c27-19-8-10-22-21(13-19)26(31,25(30)28(22)15-18-4-2-1-3-5-18)14-20(29)9-6-17-7-11-23-24(12-17)33-16-32-23/h1-13,31H,14-16H2/b9-6+/t26-/m0/s1. The summed E-state index contributed by atoms with van der Waals surface area (Å²) in [6.45, 7) is 0.475. The highest BCUT2D eigenvalue weighted by molar-refractivity contribution is 9.10. The molecule has 0 radical (unpaired) electrons.